The van der Waals surface area contributed by atoms with Crippen LogP contribution in [0.15, 0.2) is 10.5 Å². The second-order valence-electron chi connectivity index (χ2n) is 3.72. The maximum atomic E-state index is 8.82. The molecular formula is C11H14BrN5O. The molecule has 0 aromatic carbocycles. The number of aryl methyl sites for hydroxylation is 1. The zero-order chi connectivity index (χ0) is 13.1. The van der Waals surface area contributed by atoms with Gasteiger partial charge in [0, 0.05) is 19.0 Å². The molecule has 2 heterocycles. The first-order chi connectivity index (χ1) is 8.65. The van der Waals surface area contributed by atoms with Crippen molar-refractivity contribution in [3.05, 3.63) is 16.2 Å². The van der Waals surface area contributed by atoms with E-state index in [4.69, 9.17) is 5.11 Å². The summed E-state index contributed by atoms with van der Waals surface area (Å²) in [6.07, 6.45) is 0. The summed E-state index contributed by atoms with van der Waals surface area (Å²) < 4.78 is 0.826. The Bertz CT molecular complexity index is 575. The van der Waals surface area contributed by atoms with Crippen molar-refractivity contribution in [2.45, 2.75) is 6.92 Å². The highest BCUT2D eigenvalue weighted by Gasteiger charge is 2.09. The minimum Gasteiger partial charge on any atom is -0.395 e. The maximum Gasteiger partial charge on any atom is 0.224 e. The van der Waals surface area contributed by atoms with Crippen LogP contribution >= 0.6 is 15.9 Å². The number of hydrogen-bond acceptors (Lipinski definition) is 6. The quantitative estimate of drug-likeness (QED) is 0.794. The van der Waals surface area contributed by atoms with Crippen molar-refractivity contribution < 1.29 is 5.11 Å². The molecule has 0 radical (unpaired) electrons. The normalized spacial score (nSPS) is 10.7. The lowest BCUT2D eigenvalue weighted by Crippen LogP contribution is -2.08. The van der Waals surface area contributed by atoms with E-state index in [2.05, 4.69) is 41.5 Å². The van der Waals surface area contributed by atoms with E-state index >= 15 is 0 Å². The van der Waals surface area contributed by atoms with Crippen LogP contribution in [0.5, 0.6) is 0 Å². The summed E-state index contributed by atoms with van der Waals surface area (Å²) in [5.41, 5.74) is 1.49. The Balaban J connectivity index is 2.54. The standard InChI is InChI=1S/C11H14BrN5O/c1-6-7-5-8(12)10(14-3-4-18)16-9(7)17-11(13-2)15-6/h5,18H,3-4H2,1-2H3,(H2,13,14,15,16,17). The third-order valence-electron chi connectivity index (χ3n) is 2.46. The van der Waals surface area contributed by atoms with E-state index in [0.29, 0.717) is 24.0 Å². The summed E-state index contributed by atoms with van der Waals surface area (Å²) in [6.45, 7) is 2.41. The number of aliphatic hydroxyl groups is 1. The second-order valence-corrected chi connectivity index (χ2v) is 4.58. The van der Waals surface area contributed by atoms with E-state index in [1.807, 2.05) is 13.0 Å². The Morgan fingerprint density at radius 1 is 1.33 bits per heavy atom. The predicted molar refractivity (Wildman–Crippen MR) is 74.9 cm³/mol. The molecule has 0 unspecified atom stereocenters. The molecule has 2 aromatic rings. The molecular weight excluding hydrogens is 298 g/mol. The number of pyridine rings is 1. The van der Waals surface area contributed by atoms with E-state index in [0.717, 1.165) is 15.6 Å². The number of aliphatic hydroxyl groups excluding tert-OH is 1. The van der Waals surface area contributed by atoms with Gasteiger partial charge in [-0.3, -0.25) is 0 Å². The zero-order valence-corrected chi connectivity index (χ0v) is 11.7. The molecule has 0 spiro atoms. The molecule has 0 saturated carbocycles. The molecule has 0 atom stereocenters. The first-order valence-corrected chi connectivity index (χ1v) is 6.32. The molecule has 0 aliphatic carbocycles. The first-order valence-electron chi connectivity index (χ1n) is 5.53. The van der Waals surface area contributed by atoms with E-state index in [-0.39, 0.29) is 6.61 Å². The van der Waals surface area contributed by atoms with Gasteiger partial charge in [-0.05, 0) is 28.9 Å². The summed E-state index contributed by atoms with van der Waals surface area (Å²) >= 11 is 3.44. The SMILES string of the molecule is CNc1nc(C)c2cc(Br)c(NCCO)nc2n1. The summed E-state index contributed by atoms with van der Waals surface area (Å²) in [5.74, 6) is 1.21. The lowest BCUT2D eigenvalue weighted by Gasteiger charge is -2.09. The average molecular weight is 312 g/mol. The van der Waals surface area contributed by atoms with Crippen LogP contribution in [0.2, 0.25) is 0 Å². The topological polar surface area (TPSA) is 83.0 Å². The Kier molecular flexibility index (Phi) is 3.93. The molecule has 0 saturated heterocycles. The van der Waals surface area contributed by atoms with E-state index in [9.17, 15) is 0 Å². The van der Waals surface area contributed by atoms with Crippen molar-refractivity contribution in [1.82, 2.24) is 15.0 Å². The van der Waals surface area contributed by atoms with Crippen LogP contribution in [-0.4, -0.2) is 40.3 Å². The number of hydrogen-bond donors (Lipinski definition) is 3. The fourth-order valence-corrected chi connectivity index (χ4v) is 2.04. The van der Waals surface area contributed by atoms with Gasteiger partial charge in [0.05, 0.1) is 16.8 Å². The van der Waals surface area contributed by atoms with Crippen LogP contribution in [0, 0.1) is 6.92 Å². The molecule has 0 bridgehead atoms. The van der Waals surface area contributed by atoms with Crippen LogP contribution in [0.25, 0.3) is 11.0 Å². The van der Waals surface area contributed by atoms with Crippen LogP contribution in [0.1, 0.15) is 5.69 Å². The van der Waals surface area contributed by atoms with Gasteiger partial charge >= 0.3 is 0 Å². The molecule has 6 nitrogen and oxygen atoms in total. The van der Waals surface area contributed by atoms with Gasteiger partial charge in [-0.25, -0.2) is 9.97 Å². The van der Waals surface area contributed by atoms with E-state index in [1.54, 1.807) is 7.05 Å². The highest BCUT2D eigenvalue weighted by atomic mass is 79.9. The summed E-state index contributed by atoms with van der Waals surface area (Å²) in [6, 6.07) is 1.93. The minimum absolute atomic E-state index is 0.0523. The zero-order valence-electron chi connectivity index (χ0n) is 10.2. The van der Waals surface area contributed by atoms with Gasteiger partial charge in [-0.2, -0.15) is 4.98 Å². The number of aromatic nitrogens is 3. The fraction of sp³-hybridized carbons (Fsp3) is 0.364. The lowest BCUT2D eigenvalue weighted by atomic mass is 10.2. The number of halogens is 1. The molecule has 2 aromatic heterocycles. The van der Waals surface area contributed by atoms with Crippen molar-refractivity contribution in [3.63, 3.8) is 0 Å². The Labute approximate surface area is 113 Å². The summed E-state index contributed by atoms with van der Waals surface area (Å²) in [4.78, 5) is 13.0. The molecule has 3 N–H and O–H groups in total. The van der Waals surface area contributed by atoms with Gasteiger partial charge < -0.3 is 15.7 Å². The molecule has 0 fully saturated rings. The number of rotatable bonds is 4. The number of nitrogens with one attached hydrogen (secondary N) is 2. The Hall–Kier alpha value is -1.47. The van der Waals surface area contributed by atoms with Crippen molar-refractivity contribution in [1.29, 1.82) is 0 Å². The molecule has 7 heteroatoms. The maximum absolute atomic E-state index is 8.82. The van der Waals surface area contributed by atoms with Crippen LogP contribution in [0.3, 0.4) is 0 Å². The van der Waals surface area contributed by atoms with Gasteiger partial charge in [0.25, 0.3) is 0 Å². The summed E-state index contributed by atoms with van der Waals surface area (Å²) in [7, 11) is 1.77. The third kappa shape index (κ3) is 2.51. The molecule has 2 rings (SSSR count). The van der Waals surface area contributed by atoms with Gasteiger partial charge in [0.15, 0.2) is 5.65 Å². The highest BCUT2D eigenvalue weighted by molar-refractivity contribution is 9.10. The van der Waals surface area contributed by atoms with Crippen molar-refractivity contribution in [2.24, 2.45) is 0 Å². The molecule has 18 heavy (non-hydrogen) atoms. The smallest absolute Gasteiger partial charge is 0.224 e. The third-order valence-corrected chi connectivity index (χ3v) is 3.06. The van der Waals surface area contributed by atoms with Gasteiger partial charge in [0.2, 0.25) is 5.95 Å². The molecule has 0 aliphatic rings. The second kappa shape index (κ2) is 5.45. The van der Waals surface area contributed by atoms with Gasteiger partial charge in [-0.1, -0.05) is 0 Å². The molecule has 0 amide bonds. The summed E-state index contributed by atoms with van der Waals surface area (Å²) in [5, 5.41) is 15.6. The predicted octanol–water partition coefficient (Wildman–Crippen LogP) is 1.54. The Morgan fingerprint density at radius 2 is 2.11 bits per heavy atom. The van der Waals surface area contributed by atoms with E-state index in [1.165, 1.54) is 0 Å². The highest BCUT2D eigenvalue weighted by Crippen LogP contribution is 2.26. The van der Waals surface area contributed by atoms with Crippen LogP contribution in [-0.2, 0) is 0 Å². The van der Waals surface area contributed by atoms with Gasteiger partial charge in [-0.15, -0.1) is 0 Å². The van der Waals surface area contributed by atoms with Gasteiger partial charge in [0.1, 0.15) is 5.82 Å². The van der Waals surface area contributed by atoms with Crippen LogP contribution < -0.4 is 10.6 Å². The van der Waals surface area contributed by atoms with E-state index < -0.39 is 0 Å². The van der Waals surface area contributed by atoms with Crippen molar-refractivity contribution >= 4 is 38.7 Å². The number of nitrogens with zero attached hydrogens (tertiary/aromatic N) is 3. The molecule has 96 valence electrons. The average Bonchev–Trinajstić information content (AvgIpc) is 2.37. The monoisotopic (exact) mass is 311 g/mol. The molecule has 0 aliphatic heterocycles. The van der Waals surface area contributed by atoms with Crippen LogP contribution in [0.4, 0.5) is 11.8 Å². The lowest BCUT2D eigenvalue weighted by molar-refractivity contribution is 0.311. The van der Waals surface area contributed by atoms with Crippen molar-refractivity contribution in [2.75, 3.05) is 30.8 Å². The van der Waals surface area contributed by atoms with Crippen molar-refractivity contribution in [3.8, 4) is 0 Å². The fourth-order valence-electron chi connectivity index (χ4n) is 1.59. The minimum atomic E-state index is 0.0523. The number of fused-ring (bicyclic) bond motifs is 1. The first kappa shape index (κ1) is 13.0. The number of anilines is 2. The largest absolute Gasteiger partial charge is 0.395 e. The Morgan fingerprint density at radius 3 is 2.78 bits per heavy atom.